The van der Waals surface area contributed by atoms with Crippen LogP contribution < -0.4 is 5.73 Å². The van der Waals surface area contributed by atoms with Gasteiger partial charge in [-0.05, 0) is 45.2 Å². The molecule has 106 valence electrons. The molecule has 1 aliphatic heterocycles. The zero-order valence-corrected chi connectivity index (χ0v) is 12.2. The summed E-state index contributed by atoms with van der Waals surface area (Å²) in [6.07, 6.45) is 9.10. The number of ether oxygens (including phenoxy) is 1. The molecule has 2 N–H and O–H groups in total. The summed E-state index contributed by atoms with van der Waals surface area (Å²) in [6, 6.07) is 0.700. The molecule has 0 aromatic rings. The molecule has 3 nitrogen and oxygen atoms in total. The standard InChI is InChI=1S/C15H30N2O/c1-13(11-16)12-17(2)14-6-9-18-15(10-14)7-4-3-5-8-15/h13-14H,3-12,16H2,1-2H3. The van der Waals surface area contributed by atoms with Gasteiger partial charge in [0.2, 0.25) is 0 Å². The van der Waals surface area contributed by atoms with E-state index in [0.29, 0.717) is 12.0 Å². The van der Waals surface area contributed by atoms with Crippen molar-refractivity contribution in [2.45, 2.75) is 63.5 Å². The van der Waals surface area contributed by atoms with E-state index in [4.69, 9.17) is 10.5 Å². The van der Waals surface area contributed by atoms with Crippen LogP contribution in [0.3, 0.4) is 0 Å². The number of hydrogen-bond acceptors (Lipinski definition) is 3. The Balaban J connectivity index is 1.89. The molecule has 0 aromatic heterocycles. The van der Waals surface area contributed by atoms with Crippen molar-refractivity contribution in [2.75, 3.05) is 26.7 Å². The molecule has 1 heterocycles. The first-order chi connectivity index (χ1) is 8.65. The molecule has 3 heteroatoms. The lowest BCUT2D eigenvalue weighted by atomic mass is 9.78. The zero-order chi connectivity index (χ0) is 13.0. The van der Waals surface area contributed by atoms with Crippen LogP contribution in [0.4, 0.5) is 0 Å². The average molecular weight is 254 g/mol. The van der Waals surface area contributed by atoms with Crippen molar-refractivity contribution in [2.24, 2.45) is 11.7 Å². The van der Waals surface area contributed by atoms with Gasteiger partial charge in [0.15, 0.2) is 0 Å². The van der Waals surface area contributed by atoms with Gasteiger partial charge in [-0.15, -0.1) is 0 Å². The summed E-state index contributed by atoms with van der Waals surface area (Å²) in [4.78, 5) is 2.52. The molecule has 0 radical (unpaired) electrons. The van der Waals surface area contributed by atoms with Crippen molar-refractivity contribution in [3.05, 3.63) is 0 Å². The number of rotatable bonds is 4. The van der Waals surface area contributed by atoms with Crippen molar-refractivity contribution in [3.63, 3.8) is 0 Å². The molecule has 2 aliphatic rings. The summed E-state index contributed by atoms with van der Waals surface area (Å²) in [6.45, 7) is 5.11. The quantitative estimate of drug-likeness (QED) is 0.837. The molecule has 2 fully saturated rings. The first-order valence-electron chi connectivity index (χ1n) is 7.69. The fourth-order valence-electron chi connectivity index (χ4n) is 3.64. The maximum atomic E-state index is 6.17. The van der Waals surface area contributed by atoms with Crippen LogP contribution in [-0.4, -0.2) is 43.3 Å². The van der Waals surface area contributed by atoms with E-state index in [-0.39, 0.29) is 5.60 Å². The molecular formula is C15H30N2O. The van der Waals surface area contributed by atoms with Crippen LogP contribution in [0.25, 0.3) is 0 Å². The minimum absolute atomic E-state index is 0.224. The SMILES string of the molecule is CC(CN)CN(C)C1CCOC2(CCCCC2)C1. The summed E-state index contributed by atoms with van der Waals surface area (Å²) in [5, 5.41) is 0. The Morgan fingerprint density at radius 2 is 2.06 bits per heavy atom. The van der Waals surface area contributed by atoms with Crippen molar-refractivity contribution in [1.82, 2.24) is 4.90 Å². The highest BCUT2D eigenvalue weighted by atomic mass is 16.5. The van der Waals surface area contributed by atoms with Gasteiger partial charge in [0.1, 0.15) is 0 Å². The molecule has 0 bridgehead atoms. The third-order valence-electron chi connectivity index (χ3n) is 4.86. The van der Waals surface area contributed by atoms with Crippen LogP contribution >= 0.6 is 0 Å². The van der Waals surface area contributed by atoms with E-state index in [2.05, 4.69) is 18.9 Å². The smallest absolute Gasteiger partial charge is 0.0697 e. The second-order valence-corrected chi connectivity index (χ2v) is 6.52. The van der Waals surface area contributed by atoms with Crippen LogP contribution in [0.5, 0.6) is 0 Å². The van der Waals surface area contributed by atoms with Crippen molar-refractivity contribution in [3.8, 4) is 0 Å². The second-order valence-electron chi connectivity index (χ2n) is 6.52. The first kappa shape index (κ1) is 14.3. The highest BCUT2D eigenvalue weighted by molar-refractivity contribution is 4.92. The first-order valence-corrected chi connectivity index (χ1v) is 7.69. The van der Waals surface area contributed by atoms with Crippen LogP contribution in [0.15, 0.2) is 0 Å². The van der Waals surface area contributed by atoms with Gasteiger partial charge in [0.05, 0.1) is 5.60 Å². The maximum Gasteiger partial charge on any atom is 0.0697 e. The van der Waals surface area contributed by atoms with Crippen LogP contribution in [0.1, 0.15) is 51.9 Å². The summed E-state index contributed by atoms with van der Waals surface area (Å²) in [7, 11) is 2.26. The van der Waals surface area contributed by atoms with E-state index in [0.717, 1.165) is 19.7 Å². The highest BCUT2D eigenvalue weighted by Crippen LogP contribution is 2.39. The molecule has 18 heavy (non-hydrogen) atoms. The lowest BCUT2D eigenvalue weighted by Crippen LogP contribution is -2.49. The Kier molecular flexibility index (Phi) is 5.05. The van der Waals surface area contributed by atoms with Gasteiger partial charge >= 0.3 is 0 Å². The van der Waals surface area contributed by atoms with E-state index < -0.39 is 0 Å². The normalized spacial score (nSPS) is 29.7. The Hall–Kier alpha value is -0.120. The van der Waals surface area contributed by atoms with Gasteiger partial charge in [-0.25, -0.2) is 0 Å². The molecular weight excluding hydrogens is 224 g/mol. The summed E-state index contributed by atoms with van der Waals surface area (Å²) in [5.41, 5.74) is 5.96. The van der Waals surface area contributed by atoms with Crippen LogP contribution in [-0.2, 0) is 4.74 Å². The fourth-order valence-corrected chi connectivity index (χ4v) is 3.64. The molecule has 1 saturated carbocycles. The van der Waals surface area contributed by atoms with E-state index in [9.17, 15) is 0 Å². The number of hydrogen-bond donors (Lipinski definition) is 1. The van der Waals surface area contributed by atoms with Crippen LogP contribution in [0.2, 0.25) is 0 Å². The topological polar surface area (TPSA) is 38.5 Å². The number of nitrogens with zero attached hydrogens (tertiary/aromatic N) is 1. The summed E-state index contributed by atoms with van der Waals surface area (Å²) < 4.78 is 6.17. The van der Waals surface area contributed by atoms with Crippen LogP contribution in [0, 0.1) is 5.92 Å². The average Bonchev–Trinajstić information content (AvgIpc) is 2.39. The zero-order valence-electron chi connectivity index (χ0n) is 12.2. The van der Waals surface area contributed by atoms with Gasteiger partial charge in [-0.3, -0.25) is 0 Å². The fraction of sp³-hybridized carbons (Fsp3) is 1.00. The van der Waals surface area contributed by atoms with E-state index >= 15 is 0 Å². The minimum atomic E-state index is 0.224. The molecule has 0 aromatic carbocycles. The Morgan fingerprint density at radius 3 is 2.72 bits per heavy atom. The Morgan fingerprint density at radius 1 is 1.33 bits per heavy atom. The van der Waals surface area contributed by atoms with Gasteiger partial charge in [-0.2, -0.15) is 0 Å². The molecule has 0 amide bonds. The summed E-state index contributed by atoms with van der Waals surface area (Å²) >= 11 is 0. The van der Waals surface area contributed by atoms with Gasteiger partial charge in [0.25, 0.3) is 0 Å². The lowest BCUT2D eigenvalue weighted by molar-refractivity contribution is -0.122. The van der Waals surface area contributed by atoms with Gasteiger partial charge < -0.3 is 15.4 Å². The molecule has 1 spiro atoms. The van der Waals surface area contributed by atoms with Crippen molar-refractivity contribution in [1.29, 1.82) is 0 Å². The number of nitrogens with two attached hydrogens (primary N) is 1. The Labute approximate surface area is 112 Å². The second kappa shape index (κ2) is 6.36. The van der Waals surface area contributed by atoms with Crippen molar-refractivity contribution < 1.29 is 4.74 Å². The monoisotopic (exact) mass is 254 g/mol. The minimum Gasteiger partial charge on any atom is -0.375 e. The Bertz CT molecular complexity index is 245. The molecule has 1 saturated heterocycles. The van der Waals surface area contributed by atoms with E-state index in [1.54, 1.807) is 0 Å². The van der Waals surface area contributed by atoms with Gasteiger partial charge in [-0.1, -0.05) is 26.2 Å². The van der Waals surface area contributed by atoms with E-state index in [1.807, 2.05) is 0 Å². The predicted octanol–water partition coefficient (Wildman–Crippen LogP) is 2.39. The molecule has 1 aliphatic carbocycles. The van der Waals surface area contributed by atoms with Crippen molar-refractivity contribution >= 4 is 0 Å². The third-order valence-corrected chi connectivity index (χ3v) is 4.86. The van der Waals surface area contributed by atoms with Gasteiger partial charge in [0, 0.05) is 19.2 Å². The molecule has 2 unspecified atom stereocenters. The maximum absolute atomic E-state index is 6.17. The highest BCUT2D eigenvalue weighted by Gasteiger charge is 2.39. The third kappa shape index (κ3) is 3.46. The van der Waals surface area contributed by atoms with E-state index in [1.165, 1.54) is 44.9 Å². The summed E-state index contributed by atoms with van der Waals surface area (Å²) in [5.74, 6) is 0.597. The molecule has 2 rings (SSSR count). The molecule has 2 atom stereocenters. The largest absolute Gasteiger partial charge is 0.375 e. The predicted molar refractivity (Wildman–Crippen MR) is 75.6 cm³/mol. The lowest BCUT2D eigenvalue weighted by Gasteiger charge is -2.46.